The zero-order chi connectivity index (χ0) is 20.6. The fourth-order valence-corrected chi connectivity index (χ4v) is 5.15. The summed E-state index contributed by atoms with van der Waals surface area (Å²) in [5.41, 5.74) is 0. The van der Waals surface area contributed by atoms with E-state index < -0.39 is 0 Å². The molecule has 2 amide bonds. The highest BCUT2D eigenvalue weighted by atomic mass is 16.5. The van der Waals surface area contributed by atoms with Gasteiger partial charge in [0.25, 0.3) is 0 Å². The monoisotopic (exact) mass is 404 g/mol. The third-order valence-electron chi connectivity index (χ3n) is 6.98. The number of amides is 2. The molecule has 0 aromatic heterocycles. The molecular weight excluding hydrogens is 368 g/mol. The number of piperidine rings is 1. The zero-order valence-corrected chi connectivity index (χ0v) is 17.8. The van der Waals surface area contributed by atoms with E-state index in [0.717, 1.165) is 32.2 Å². The average Bonchev–Trinajstić information content (AvgIpc) is 2.77. The summed E-state index contributed by atoms with van der Waals surface area (Å²) in [4.78, 5) is 29.0. The first-order valence-electron chi connectivity index (χ1n) is 11.3. The number of likely N-dealkylation sites (tertiary alicyclic amines) is 1. The van der Waals surface area contributed by atoms with Gasteiger partial charge in [0.05, 0.1) is 25.3 Å². The van der Waals surface area contributed by atoms with Crippen LogP contribution in [0.15, 0.2) is 0 Å². The van der Waals surface area contributed by atoms with Crippen LogP contribution in [0.2, 0.25) is 0 Å². The van der Waals surface area contributed by atoms with Crippen LogP contribution in [-0.4, -0.2) is 73.6 Å². The lowest BCUT2D eigenvalue weighted by Gasteiger charge is -2.41. The highest BCUT2D eigenvalue weighted by Crippen LogP contribution is 2.34. The molecule has 0 bridgehead atoms. The van der Waals surface area contributed by atoms with E-state index in [1.165, 1.54) is 19.3 Å². The van der Waals surface area contributed by atoms with Crippen molar-refractivity contribution in [3.05, 3.63) is 0 Å². The van der Waals surface area contributed by atoms with Crippen LogP contribution in [0.3, 0.4) is 0 Å². The van der Waals surface area contributed by atoms with Crippen molar-refractivity contribution in [2.45, 2.75) is 69.9 Å². The first kappa shape index (κ1) is 22.0. The third-order valence-corrected chi connectivity index (χ3v) is 6.98. The van der Waals surface area contributed by atoms with Gasteiger partial charge in [-0.15, -0.1) is 0 Å². The van der Waals surface area contributed by atoms with Crippen LogP contribution in [0, 0.1) is 23.2 Å². The molecule has 3 unspecified atom stereocenters. The van der Waals surface area contributed by atoms with Gasteiger partial charge in [-0.05, 0) is 51.1 Å². The number of hydrogen-bond acceptors (Lipinski definition) is 5. The summed E-state index contributed by atoms with van der Waals surface area (Å²) >= 11 is 0. The van der Waals surface area contributed by atoms with E-state index in [0.29, 0.717) is 38.1 Å². The van der Waals surface area contributed by atoms with Crippen LogP contribution in [0.25, 0.3) is 0 Å². The number of nitrogens with zero attached hydrogens (tertiary/aromatic N) is 3. The van der Waals surface area contributed by atoms with Crippen LogP contribution in [0.4, 0.5) is 0 Å². The Labute approximate surface area is 174 Å². The smallest absolute Gasteiger partial charge is 0.223 e. The molecule has 1 saturated carbocycles. The van der Waals surface area contributed by atoms with Crippen molar-refractivity contribution in [2.75, 3.05) is 39.9 Å². The Bertz CT molecular complexity index is 593. The minimum atomic E-state index is -0.0698. The van der Waals surface area contributed by atoms with E-state index in [2.05, 4.69) is 16.3 Å². The highest BCUT2D eigenvalue weighted by Gasteiger charge is 2.36. The lowest BCUT2D eigenvalue weighted by atomic mass is 9.74. The van der Waals surface area contributed by atoms with E-state index >= 15 is 0 Å². The molecule has 29 heavy (non-hydrogen) atoms. The quantitative estimate of drug-likeness (QED) is 0.731. The van der Waals surface area contributed by atoms with Crippen molar-refractivity contribution in [3.8, 4) is 6.07 Å². The van der Waals surface area contributed by atoms with Gasteiger partial charge in [0.15, 0.2) is 0 Å². The molecule has 7 heteroatoms. The van der Waals surface area contributed by atoms with Crippen molar-refractivity contribution in [1.82, 2.24) is 15.1 Å². The third kappa shape index (κ3) is 6.16. The number of carbonyl (C=O) groups is 2. The van der Waals surface area contributed by atoms with Gasteiger partial charge < -0.3 is 15.0 Å². The second kappa shape index (κ2) is 10.9. The standard InChI is InChI=1S/C22H36N4O3/c1-25-10-9-18(15-19(25)16-23)22(17-5-3-2-4-6-17)24-20(27)7-8-21(28)26-11-13-29-14-12-26/h17-19,22H,2-15H2,1H3,(H,24,27). The topological polar surface area (TPSA) is 85.7 Å². The largest absolute Gasteiger partial charge is 0.378 e. The summed E-state index contributed by atoms with van der Waals surface area (Å²) in [5.74, 6) is 0.865. The molecule has 2 saturated heterocycles. The fourth-order valence-electron chi connectivity index (χ4n) is 5.15. The first-order valence-corrected chi connectivity index (χ1v) is 11.3. The van der Waals surface area contributed by atoms with Crippen LogP contribution in [0.5, 0.6) is 0 Å². The normalized spacial score (nSPS) is 27.8. The molecule has 3 rings (SSSR count). The maximum absolute atomic E-state index is 12.8. The van der Waals surface area contributed by atoms with Gasteiger partial charge in [0.2, 0.25) is 11.8 Å². The van der Waals surface area contributed by atoms with Crippen LogP contribution in [-0.2, 0) is 14.3 Å². The maximum Gasteiger partial charge on any atom is 0.223 e. The fraction of sp³-hybridized carbons (Fsp3) is 0.864. The number of carbonyl (C=O) groups excluding carboxylic acids is 2. The second-order valence-electron chi connectivity index (χ2n) is 8.89. The van der Waals surface area contributed by atoms with Crippen molar-refractivity contribution < 1.29 is 14.3 Å². The van der Waals surface area contributed by atoms with Crippen molar-refractivity contribution in [2.24, 2.45) is 11.8 Å². The molecule has 3 aliphatic rings. The van der Waals surface area contributed by atoms with Gasteiger partial charge >= 0.3 is 0 Å². The van der Waals surface area contributed by atoms with E-state index in [1.54, 1.807) is 4.90 Å². The Kier molecular flexibility index (Phi) is 8.31. The van der Waals surface area contributed by atoms with Crippen molar-refractivity contribution in [3.63, 3.8) is 0 Å². The van der Waals surface area contributed by atoms with E-state index in [9.17, 15) is 14.9 Å². The van der Waals surface area contributed by atoms with Gasteiger partial charge in [-0.1, -0.05) is 19.3 Å². The Morgan fingerprint density at radius 3 is 2.48 bits per heavy atom. The summed E-state index contributed by atoms with van der Waals surface area (Å²) in [6, 6.07) is 2.48. The summed E-state index contributed by atoms with van der Waals surface area (Å²) in [5, 5.41) is 12.8. The van der Waals surface area contributed by atoms with Crippen molar-refractivity contribution >= 4 is 11.8 Å². The van der Waals surface area contributed by atoms with Gasteiger partial charge in [0, 0.05) is 32.0 Å². The number of rotatable bonds is 6. The Morgan fingerprint density at radius 2 is 1.79 bits per heavy atom. The minimum absolute atomic E-state index is 0.0189. The lowest BCUT2D eigenvalue weighted by Crippen LogP contribution is -2.51. The molecule has 0 aromatic rings. The Morgan fingerprint density at radius 1 is 1.07 bits per heavy atom. The zero-order valence-electron chi connectivity index (χ0n) is 17.8. The molecule has 1 N–H and O–H groups in total. The molecule has 0 radical (unpaired) electrons. The molecule has 0 spiro atoms. The van der Waals surface area contributed by atoms with Gasteiger partial charge in [-0.25, -0.2) is 0 Å². The summed E-state index contributed by atoms with van der Waals surface area (Å²) in [7, 11) is 2.01. The van der Waals surface area contributed by atoms with Crippen molar-refractivity contribution in [1.29, 1.82) is 5.26 Å². The van der Waals surface area contributed by atoms with Crippen LogP contribution >= 0.6 is 0 Å². The molecule has 3 fully saturated rings. The number of nitriles is 1. The summed E-state index contributed by atoms with van der Waals surface area (Å²) < 4.78 is 5.29. The molecule has 2 heterocycles. The second-order valence-corrected chi connectivity index (χ2v) is 8.89. The predicted octanol–water partition coefficient (Wildman–Crippen LogP) is 1.92. The highest BCUT2D eigenvalue weighted by molar-refractivity contribution is 5.84. The lowest BCUT2D eigenvalue weighted by molar-refractivity contribution is -0.137. The molecular formula is C22H36N4O3. The van der Waals surface area contributed by atoms with E-state index in [-0.39, 0.29) is 36.7 Å². The maximum atomic E-state index is 12.8. The Balaban J connectivity index is 1.56. The number of ether oxygens (including phenoxy) is 1. The Hall–Kier alpha value is -1.65. The summed E-state index contributed by atoms with van der Waals surface area (Å²) in [6.45, 7) is 3.31. The molecule has 0 aromatic carbocycles. The van der Waals surface area contributed by atoms with Crippen LogP contribution in [0.1, 0.15) is 57.8 Å². The molecule has 7 nitrogen and oxygen atoms in total. The van der Waals surface area contributed by atoms with Gasteiger partial charge in [0.1, 0.15) is 0 Å². The minimum Gasteiger partial charge on any atom is -0.378 e. The molecule has 2 aliphatic heterocycles. The number of nitrogens with one attached hydrogen (secondary N) is 1. The molecule has 1 aliphatic carbocycles. The van der Waals surface area contributed by atoms with E-state index in [4.69, 9.17) is 4.74 Å². The molecule has 3 atom stereocenters. The van der Waals surface area contributed by atoms with Crippen LogP contribution < -0.4 is 5.32 Å². The predicted molar refractivity (Wildman–Crippen MR) is 110 cm³/mol. The SMILES string of the molecule is CN1CCC(C(NC(=O)CCC(=O)N2CCOCC2)C2CCCCC2)CC1C#N. The average molecular weight is 405 g/mol. The van der Waals surface area contributed by atoms with Gasteiger partial charge in [-0.2, -0.15) is 5.26 Å². The van der Waals surface area contributed by atoms with E-state index in [1.807, 2.05) is 7.05 Å². The number of morpholine rings is 1. The molecule has 162 valence electrons. The number of hydrogen-bond donors (Lipinski definition) is 1. The first-order chi connectivity index (χ1) is 14.1. The summed E-state index contributed by atoms with van der Waals surface area (Å²) in [6.07, 6.45) is 8.37. The van der Waals surface area contributed by atoms with Gasteiger partial charge in [-0.3, -0.25) is 14.5 Å².